The lowest BCUT2D eigenvalue weighted by molar-refractivity contribution is 0.413. The summed E-state index contributed by atoms with van der Waals surface area (Å²) in [5.41, 5.74) is 0.550. The van der Waals surface area contributed by atoms with Crippen LogP contribution in [-0.4, -0.2) is 19.4 Å². The van der Waals surface area contributed by atoms with Crippen molar-refractivity contribution < 1.29 is 9.13 Å². The van der Waals surface area contributed by atoms with Gasteiger partial charge in [-0.25, -0.2) is 4.39 Å². The van der Waals surface area contributed by atoms with Crippen molar-refractivity contribution in [2.75, 3.05) is 24.7 Å². The molecule has 0 saturated carbocycles. The Morgan fingerprint density at radius 3 is 2.79 bits per heavy atom. The third kappa shape index (κ3) is 4.17. The molecule has 0 aliphatic carbocycles. The second-order valence-electron chi connectivity index (χ2n) is 3.93. The van der Waals surface area contributed by atoms with Crippen molar-refractivity contribution in [3.8, 4) is 5.75 Å². The van der Waals surface area contributed by atoms with Crippen molar-refractivity contribution in [1.29, 1.82) is 0 Å². The van der Waals surface area contributed by atoms with Crippen LogP contribution >= 0.6 is 11.8 Å². The van der Waals surface area contributed by atoms with Crippen LogP contribution in [0.1, 0.15) is 0 Å². The van der Waals surface area contributed by atoms with Crippen molar-refractivity contribution >= 4 is 17.4 Å². The summed E-state index contributed by atoms with van der Waals surface area (Å²) in [6.45, 7) is 0.711. The van der Waals surface area contributed by atoms with Crippen LogP contribution in [0.5, 0.6) is 5.75 Å². The van der Waals surface area contributed by atoms with Crippen molar-refractivity contribution in [3.63, 3.8) is 0 Å². The molecule has 0 amide bonds. The number of anilines is 1. The molecule has 0 saturated heterocycles. The van der Waals surface area contributed by atoms with Crippen LogP contribution in [0.2, 0.25) is 0 Å². The Kier molecular flexibility index (Phi) is 5.10. The summed E-state index contributed by atoms with van der Waals surface area (Å²) in [7, 11) is 1.66. The maximum Gasteiger partial charge on any atom is 0.146 e. The molecule has 2 rings (SSSR count). The van der Waals surface area contributed by atoms with Gasteiger partial charge in [0.05, 0.1) is 12.8 Å². The highest BCUT2D eigenvalue weighted by atomic mass is 32.2. The average Bonchev–Trinajstić information content (AvgIpc) is 2.45. The number of methoxy groups -OCH3 is 1. The summed E-state index contributed by atoms with van der Waals surface area (Å²) in [6, 6.07) is 14.6. The van der Waals surface area contributed by atoms with Gasteiger partial charge in [-0.2, -0.15) is 0 Å². The predicted molar refractivity (Wildman–Crippen MR) is 78.6 cm³/mol. The highest BCUT2D eigenvalue weighted by Gasteiger charge is 2.00. The Hall–Kier alpha value is -1.68. The Bertz CT molecular complexity index is 533. The number of benzene rings is 2. The third-order valence-corrected chi connectivity index (χ3v) is 3.60. The summed E-state index contributed by atoms with van der Waals surface area (Å²) in [6.07, 6.45) is 0. The molecule has 0 spiro atoms. The number of para-hydroxylation sites is 1. The predicted octanol–water partition coefficient (Wildman–Crippen LogP) is 4.04. The number of ether oxygens (including phenoxy) is 1. The zero-order valence-corrected chi connectivity index (χ0v) is 11.5. The lowest BCUT2D eigenvalue weighted by Crippen LogP contribution is -2.05. The Morgan fingerprint density at radius 1 is 1.16 bits per heavy atom. The van der Waals surface area contributed by atoms with Gasteiger partial charge in [-0.1, -0.05) is 18.2 Å². The molecule has 0 fully saturated rings. The summed E-state index contributed by atoms with van der Waals surface area (Å²) in [5, 5.41) is 3.08. The van der Waals surface area contributed by atoms with Gasteiger partial charge in [0.15, 0.2) is 0 Å². The van der Waals surface area contributed by atoms with Gasteiger partial charge < -0.3 is 10.1 Å². The lowest BCUT2D eigenvalue weighted by atomic mass is 10.3. The van der Waals surface area contributed by atoms with Gasteiger partial charge in [-0.15, -0.1) is 11.8 Å². The monoisotopic (exact) mass is 277 g/mol. The van der Waals surface area contributed by atoms with Gasteiger partial charge in [-0.05, 0) is 30.3 Å². The SMILES string of the molecule is COc1cccc(SCCNc2ccccc2F)c1. The molecule has 2 aromatic carbocycles. The minimum Gasteiger partial charge on any atom is -0.497 e. The molecule has 100 valence electrons. The molecule has 4 heteroatoms. The smallest absolute Gasteiger partial charge is 0.146 e. The molecule has 19 heavy (non-hydrogen) atoms. The second kappa shape index (κ2) is 7.04. The van der Waals surface area contributed by atoms with Crippen molar-refractivity contribution in [1.82, 2.24) is 0 Å². The highest BCUT2D eigenvalue weighted by Crippen LogP contribution is 2.22. The molecule has 1 N–H and O–H groups in total. The summed E-state index contributed by atoms with van der Waals surface area (Å²) < 4.78 is 18.5. The maximum absolute atomic E-state index is 13.4. The molecule has 0 atom stereocenters. The Morgan fingerprint density at radius 2 is 2.00 bits per heavy atom. The van der Waals surface area contributed by atoms with Gasteiger partial charge in [0.2, 0.25) is 0 Å². The Balaban J connectivity index is 1.79. The summed E-state index contributed by atoms with van der Waals surface area (Å²) in [4.78, 5) is 1.15. The van der Waals surface area contributed by atoms with Crippen LogP contribution in [0.4, 0.5) is 10.1 Å². The molecule has 0 bridgehead atoms. The summed E-state index contributed by atoms with van der Waals surface area (Å²) in [5.74, 6) is 1.50. The lowest BCUT2D eigenvalue weighted by Gasteiger charge is -2.07. The van der Waals surface area contributed by atoms with Crippen molar-refractivity contribution in [2.24, 2.45) is 0 Å². The van der Waals surface area contributed by atoms with Gasteiger partial charge in [-0.3, -0.25) is 0 Å². The first-order valence-electron chi connectivity index (χ1n) is 6.05. The van der Waals surface area contributed by atoms with E-state index in [-0.39, 0.29) is 5.82 Å². The molecule has 0 unspecified atom stereocenters. The van der Waals surface area contributed by atoms with E-state index in [9.17, 15) is 4.39 Å². The van der Waals surface area contributed by atoms with E-state index in [4.69, 9.17) is 4.74 Å². The molecule has 2 aromatic rings. The molecule has 0 aliphatic rings. The van der Waals surface area contributed by atoms with Crippen LogP contribution in [0, 0.1) is 5.82 Å². The first-order valence-corrected chi connectivity index (χ1v) is 7.03. The van der Waals surface area contributed by atoms with E-state index >= 15 is 0 Å². The topological polar surface area (TPSA) is 21.3 Å². The zero-order chi connectivity index (χ0) is 13.5. The second-order valence-corrected chi connectivity index (χ2v) is 5.10. The van der Waals surface area contributed by atoms with E-state index in [2.05, 4.69) is 5.32 Å². The Labute approximate surface area is 117 Å². The molecular weight excluding hydrogens is 261 g/mol. The van der Waals surface area contributed by atoms with E-state index in [1.807, 2.05) is 30.3 Å². The van der Waals surface area contributed by atoms with Crippen LogP contribution in [0.15, 0.2) is 53.4 Å². The normalized spacial score (nSPS) is 10.2. The molecule has 0 aliphatic heterocycles. The van der Waals surface area contributed by atoms with E-state index in [1.165, 1.54) is 6.07 Å². The van der Waals surface area contributed by atoms with Crippen molar-refractivity contribution in [3.05, 3.63) is 54.3 Å². The molecular formula is C15H16FNOS. The van der Waals surface area contributed by atoms with Gasteiger partial charge in [0, 0.05) is 17.2 Å². The quantitative estimate of drug-likeness (QED) is 0.636. The average molecular weight is 277 g/mol. The number of thioether (sulfide) groups is 1. The van der Waals surface area contributed by atoms with Gasteiger partial charge in [0.25, 0.3) is 0 Å². The van der Waals surface area contributed by atoms with E-state index in [0.29, 0.717) is 12.2 Å². The number of nitrogens with one attached hydrogen (secondary N) is 1. The molecule has 2 nitrogen and oxygen atoms in total. The van der Waals surface area contributed by atoms with Crippen LogP contribution < -0.4 is 10.1 Å². The minimum atomic E-state index is -0.214. The fourth-order valence-corrected chi connectivity index (χ4v) is 2.46. The largest absolute Gasteiger partial charge is 0.497 e. The summed E-state index contributed by atoms with van der Waals surface area (Å²) >= 11 is 1.71. The van der Waals surface area contributed by atoms with Crippen LogP contribution in [0.3, 0.4) is 0 Å². The van der Waals surface area contributed by atoms with E-state index < -0.39 is 0 Å². The molecule has 0 aromatic heterocycles. The number of hydrogen-bond donors (Lipinski definition) is 1. The van der Waals surface area contributed by atoms with Crippen LogP contribution in [-0.2, 0) is 0 Å². The highest BCUT2D eigenvalue weighted by molar-refractivity contribution is 7.99. The first-order chi connectivity index (χ1) is 9.29. The molecule has 0 heterocycles. The standard InChI is InChI=1S/C15H16FNOS/c1-18-12-5-4-6-13(11-12)19-10-9-17-15-8-3-2-7-14(15)16/h2-8,11,17H,9-10H2,1H3. The van der Waals surface area contributed by atoms with Crippen LogP contribution in [0.25, 0.3) is 0 Å². The fourth-order valence-electron chi connectivity index (χ4n) is 1.65. The first kappa shape index (κ1) is 13.7. The fraction of sp³-hybridized carbons (Fsp3) is 0.200. The number of halogens is 1. The van der Waals surface area contributed by atoms with Crippen molar-refractivity contribution in [2.45, 2.75) is 4.90 Å². The third-order valence-electron chi connectivity index (χ3n) is 2.60. The van der Waals surface area contributed by atoms with Gasteiger partial charge >= 0.3 is 0 Å². The molecule has 0 radical (unpaired) electrons. The maximum atomic E-state index is 13.4. The number of hydrogen-bond acceptors (Lipinski definition) is 3. The van der Waals surface area contributed by atoms with E-state index in [0.717, 1.165) is 16.4 Å². The van der Waals surface area contributed by atoms with Gasteiger partial charge in [0.1, 0.15) is 11.6 Å². The van der Waals surface area contributed by atoms with E-state index in [1.54, 1.807) is 31.0 Å². The zero-order valence-electron chi connectivity index (χ0n) is 10.7. The number of rotatable bonds is 6. The minimum absolute atomic E-state index is 0.214.